The van der Waals surface area contributed by atoms with E-state index in [1.54, 1.807) is 0 Å². The van der Waals surface area contributed by atoms with Gasteiger partial charge in [0.05, 0.1) is 5.69 Å². The maximum atomic E-state index is 13.6. The fourth-order valence-corrected chi connectivity index (χ4v) is 2.68. The van der Waals surface area contributed by atoms with Crippen molar-refractivity contribution < 1.29 is 18.3 Å². The average molecular weight is 326 g/mol. The van der Waals surface area contributed by atoms with Crippen molar-refractivity contribution >= 4 is 11.8 Å². The standard InChI is InChI=1S/C17H24F2N2O2/c1-17(2,3)23-16(22)21-13-7-5-12(6-8-13)20-15-9-4-11(18)10-14(15)19/h4,9-10,12-13,20H,5-8H2,1-3H3,(H,21,22). The molecule has 128 valence electrons. The minimum Gasteiger partial charge on any atom is -0.444 e. The molecule has 1 aliphatic carbocycles. The zero-order valence-corrected chi connectivity index (χ0v) is 13.8. The smallest absolute Gasteiger partial charge is 0.407 e. The molecule has 6 heteroatoms. The fraction of sp³-hybridized carbons (Fsp3) is 0.588. The predicted octanol–water partition coefficient (Wildman–Crippen LogP) is 4.21. The van der Waals surface area contributed by atoms with Crippen molar-refractivity contribution in [3.8, 4) is 0 Å². The van der Waals surface area contributed by atoms with E-state index in [0.717, 1.165) is 31.7 Å². The minimum absolute atomic E-state index is 0.0703. The van der Waals surface area contributed by atoms with Gasteiger partial charge in [0.2, 0.25) is 0 Å². The molecule has 0 aromatic heterocycles. The van der Waals surface area contributed by atoms with Crippen LogP contribution in [0.2, 0.25) is 0 Å². The van der Waals surface area contributed by atoms with Gasteiger partial charge in [0.25, 0.3) is 0 Å². The van der Waals surface area contributed by atoms with Gasteiger partial charge in [0.1, 0.15) is 17.2 Å². The Morgan fingerprint density at radius 1 is 1.13 bits per heavy atom. The number of benzene rings is 1. The number of carbonyl (C=O) groups excluding carboxylic acids is 1. The maximum absolute atomic E-state index is 13.6. The Kier molecular flexibility index (Phi) is 5.44. The molecule has 1 amide bonds. The molecular weight excluding hydrogens is 302 g/mol. The lowest BCUT2D eigenvalue weighted by molar-refractivity contribution is 0.0492. The highest BCUT2D eigenvalue weighted by atomic mass is 19.1. The summed E-state index contributed by atoms with van der Waals surface area (Å²) in [6.07, 6.45) is 2.78. The lowest BCUT2D eigenvalue weighted by Crippen LogP contribution is -2.42. The SMILES string of the molecule is CC(C)(C)OC(=O)NC1CCC(Nc2ccc(F)cc2F)CC1. The summed E-state index contributed by atoms with van der Waals surface area (Å²) < 4.78 is 31.8. The number of nitrogens with one attached hydrogen (secondary N) is 2. The molecule has 4 nitrogen and oxygen atoms in total. The molecule has 0 bridgehead atoms. The Balaban J connectivity index is 1.79. The van der Waals surface area contributed by atoms with E-state index in [1.165, 1.54) is 12.1 Å². The van der Waals surface area contributed by atoms with E-state index in [2.05, 4.69) is 10.6 Å². The van der Waals surface area contributed by atoms with Crippen LogP contribution in [0.3, 0.4) is 0 Å². The van der Waals surface area contributed by atoms with E-state index in [-0.39, 0.29) is 12.1 Å². The number of hydrogen-bond acceptors (Lipinski definition) is 3. The summed E-state index contributed by atoms with van der Waals surface area (Å²) in [6, 6.07) is 3.71. The molecule has 23 heavy (non-hydrogen) atoms. The molecule has 0 aliphatic heterocycles. The first-order chi connectivity index (χ1) is 10.7. The van der Waals surface area contributed by atoms with Gasteiger partial charge in [0.15, 0.2) is 0 Å². The van der Waals surface area contributed by atoms with Crippen LogP contribution in [-0.4, -0.2) is 23.8 Å². The highest BCUT2D eigenvalue weighted by molar-refractivity contribution is 5.68. The van der Waals surface area contributed by atoms with E-state index in [9.17, 15) is 13.6 Å². The summed E-state index contributed by atoms with van der Waals surface area (Å²) in [6.45, 7) is 5.47. The third kappa shape index (κ3) is 5.69. The van der Waals surface area contributed by atoms with Crippen LogP contribution in [0.4, 0.5) is 19.3 Å². The number of carbonyl (C=O) groups is 1. The van der Waals surface area contributed by atoms with Crippen LogP contribution >= 0.6 is 0 Å². The van der Waals surface area contributed by atoms with Crippen molar-refractivity contribution in [3.63, 3.8) is 0 Å². The molecule has 1 aromatic rings. The van der Waals surface area contributed by atoms with E-state index in [4.69, 9.17) is 4.74 Å². The van der Waals surface area contributed by atoms with Gasteiger partial charge in [-0.1, -0.05) is 0 Å². The first-order valence-corrected chi connectivity index (χ1v) is 7.94. The van der Waals surface area contributed by atoms with Gasteiger partial charge in [-0.15, -0.1) is 0 Å². The summed E-state index contributed by atoms with van der Waals surface area (Å²) in [5, 5.41) is 5.97. The van der Waals surface area contributed by atoms with Crippen LogP contribution in [0.25, 0.3) is 0 Å². The van der Waals surface area contributed by atoms with Crippen LogP contribution in [0, 0.1) is 11.6 Å². The summed E-state index contributed by atoms with van der Waals surface area (Å²) >= 11 is 0. The Morgan fingerprint density at radius 3 is 2.30 bits per heavy atom. The van der Waals surface area contributed by atoms with E-state index in [1.807, 2.05) is 20.8 Å². The summed E-state index contributed by atoms with van der Waals surface area (Å²) in [7, 11) is 0. The molecule has 0 unspecified atom stereocenters. The number of ether oxygens (including phenoxy) is 1. The van der Waals surface area contributed by atoms with Gasteiger partial charge < -0.3 is 15.4 Å². The van der Waals surface area contributed by atoms with Gasteiger partial charge in [0, 0.05) is 18.2 Å². The van der Waals surface area contributed by atoms with Gasteiger partial charge in [-0.05, 0) is 58.6 Å². The second kappa shape index (κ2) is 7.15. The average Bonchev–Trinajstić information content (AvgIpc) is 2.42. The maximum Gasteiger partial charge on any atom is 0.407 e. The molecule has 2 rings (SSSR count). The van der Waals surface area contributed by atoms with Crippen LogP contribution < -0.4 is 10.6 Å². The second-order valence-corrected chi connectivity index (χ2v) is 6.96. The van der Waals surface area contributed by atoms with Gasteiger partial charge in [-0.2, -0.15) is 0 Å². The Bertz CT molecular complexity index is 550. The van der Waals surface area contributed by atoms with Gasteiger partial charge >= 0.3 is 6.09 Å². The number of halogens is 2. The molecule has 0 radical (unpaired) electrons. The quantitative estimate of drug-likeness (QED) is 0.875. The van der Waals surface area contributed by atoms with Gasteiger partial charge in [-0.25, -0.2) is 13.6 Å². The Morgan fingerprint density at radius 2 is 1.74 bits per heavy atom. The van der Waals surface area contributed by atoms with E-state index < -0.39 is 23.3 Å². The zero-order chi connectivity index (χ0) is 17.0. The van der Waals surface area contributed by atoms with Crippen molar-refractivity contribution in [1.82, 2.24) is 5.32 Å². The van der Waals surface area contributed by atoms with Crippen LogP contribution in [0.5, 0.6) is 0 Å². The first-order valence-electron chi connectivity index (χ1n) is 7.94. The van der Waals surface area contributed by atoms with Gasteiger partial charge in [-0.3, -0.25) is 0 Å². The van der Waals surface area contributed by atoms with Crippen molar-refractivity contribution in [3.05, 3.63) is 29.8 Å². The summed E-state index contributed by atoms with van der Waals surface area (Å²) in [5.74, 6) is -1.17. The highest BCUT2D eigenvalue weighted by Gasteiger charge is 2.25. The zero-order valence-electron chi connectivity index (χ0n) is 13.8. The van der Waals surface area contributed by atoms with Crippen molar-refractivity contribution in [2.75, 3.05) is 5.32 Å². The molecular formula is C17H24F2N2O2. The number of alkyl carbamates (subject to hydrolysis) is 1. The van der Waals surface area contributed by atoms with Crippen molar-refractivity contribution in [1.29, 1.82) is 0 Å². The third-order valence-electron chi connectivity index (χ3n) is 3.74. The number of hydrogen-bond donors (Lipinski definition) is 2. The molecule has 1 aliphatic rings. The lowest BCUT2D eigenvalue weighted by Gasteiger charge is -2.31. The second-order valence-electron chi connectivity index (χ2n) is 6.96. The third-order valence-corrected chi connectivity index (χ3v) is 3.74. The molecule has 0 heterocycles. The summed E-state index contributed by atoms with van der Waals surface area (Å²) in [5.41, 5.74) is -0.196. The van der Waals surface area contributed by atoms with Crippen LogP contribution in [0.15, 0.2) is 18.2 Å². The highest BCUT2D eigenvalue weighted by Crippen LogP contribution is 2.24. The van der Waals surface area contributed by atoms with Crippen LogP contribution in [0.1, 0.15) is 46.5 Å². The molecule has 0 atom stereocenters. The predicted molar refractivity (Wildman–Crippen MR) is 85.4 cm³/mol. The summed E-state index contributed by atoms with van der Waals surface area (Å²) in [4.78, 5) is 11.7. The minimum atomic E-state index is -0.585. The number of rotatable bonds is 3. The molecule has 1 saturated carbocycles. The topological polar surface area (TPSA) is 50.4 Å². The molecule has 1 fully saturated rings. The van der Waals surface area contributed by atoms with Crippen LogP contribution in [-0.2, 0) is 4.74 Å². The van der Waals surface area contributed by atoms with Crippen molar-refractivity contribution in [2.24, 2.45) is 0 Å². The van der Waals surface area contributed by atoms with E-state index in [0.29, 0.717) is 5.69 Å². The van der Waals surface area contributed by atoms with E-state index >= 15 is 0 Å². The molecule has 2 N–H and O–H groups in total. The molecule has 0 spiro atoms. The lowest BCUT2D eigenvalue weighted by atomic mass is 9.91. The molecule has 0 saturated heterocycles. The Hall–Kier alpha value is -1.85. The fourth-order valence-electron chi connectivity index (χ4n) is 2.68. The Labute approximate surface area is 135 Å². The largest absolute Gasteiger partial charge is 0.444 e. The number of anilines is 1. The monoisotopic (exact) mass is 326 g/mol. The normalized spacial score (nSPS) is 21.6. The number of amides is 1. The van der Waals surface area contributed by atoms with Crippen molar-refractivity contribution in [2.45, 2.75) is 64.1 Å². The first kappa shape index (κ1) is 17.5. The molecule has 1 aromatic carbocycles.